The highest BCUT2D eigenvalue weighted by atomic mass is 35.5. The van der Waals surface area contributed by atoms with Crippen LogP contribution in [0.25, 0.3) is 0 Å². The van der Waals surface area contributed by atoms with Gasteiger partial charge in [-0.15, -0.1) is 0 Å². The number of aromatic nitrogens is 1. The number of hydrogen-bond donors (Lipinski definition) is 2. The lowest BCUT2D eigenvalue weighted by atomic mass is 10.1. The maximum atomic E-state index is 12.6. The molecule has 3 heterocycles. The number of pyridine rings is 1. The zero-order valence-electron chi connectivity index (χ0n) is 16.9. The van der Waals surface area contributed by atoms with Crippen LogP contribution < -0.4 is 10.6 Å². The van der Waals surface area contributed by atoms with Crippen LogP contribution >= 0.6 is 11.6 Å². The molecular weight excluding hydrogens is 416 g/mol. The van der Waals surface area contributed by atoms with Crippen LogP contribution in [0.4, 0.5) is 11.5 Å². The summed E-state index contributed by atoms with van der Waals surface area (Å²) in [4.78, 5) is 30.9. The van der Waals surface area contributed by atoms with Crippen molar-refractivity contribution >= 4 is 34.9 Å². The predicted octanol–water partition coefficient (Wildman–Crippen LogP) is 4.82. The lowest BCUT2D eigenvalue weighted by Crippen LogP contribution is -2.35. The van der Waals surface area contributed by atoms with Crippen molar-refractivity contribution in [3.8, 4) is 0 Å². The number of carbonyl (C=O) groups is 2. The number of likely N-dealkylation sites (tertiary alicyclic amines) is 1. The van der Waals surface area contributed by atoms with E-state index < -0.39 is 0 Å². The zero-order valence-corrected chi connectivity index (χ0v) is 17.7. The number of rotatable bonds is 6. The molecule has 1 aliphatic rings. The Bertz CT molecular complexity index is 1060. The summed E-state index contributed by atoms with van der Waals surface area (Å²) in [5.41, 5.74) is 2.09. The number of furan rings is 1. The van der Waals surface area contributed by atoms with Gasteiger partial charge in [0, 0.05) is 31.5 Å². The molecular formula is C23H23ClN4O3. The molecule has 0 aliphatic carbocycles. The van der Waals surface area contributed by atoms with E-state index in [1.807, 2.05) is 23.1 Å². The fourth-order valence-corrected chi connectivity index (χ4v) is 3.74. The first-order valence-corrected chi connectivity index (χ1v) is 10.6. The molecule has 0 unspecified atom stereocenters. The third kappa shape index (κ3) is 5.24. The van der Waals surface area contributed by atoms with Gasteiger partial charge in [-0.25, -0.2) is 4.98 Å². The van der Waals surface area contributed by atoms with Gasteiger partial charge in [0.2, 0.25) is 0 Å². The predicted molar refractivity (Wildman–Crippen MR) is 119 cm³/mol. The van der Waals surface area contributed by atoms with Crippen LogP contribution in [0.15, 0.2) is 59.3 Å². The van der Waals surface area contributed by atoms with Gasteiger partial charge in [-0.3, -0.25) is 9.59 Å². The second-order valence-electron chi connectivity index (χ2n) is 7.39. The Hall–Kier alpha value is -3.32. The highest BCUT2D eigenvalue weighted by molar-refractivity contribution is 6.33. The van der Waals surface area contributed by atoms with Gasteiger partial charge in [-0.1, -0.05) is 23.7 Å². The van der Waals surface area contributed by atoms with Crippen LogP contribution in [-0.2, 0) is 6.54 Å². The molecule has 31 heavy (non-hydrogen) atoms. The minimum Gasteiger partial charge on any atom is -0.459 e. The van der Waals surface area contributed by atoms with E-state index in [2.05, 4.69) is 15.6 Å². The van der Waals surface area contributed by atoms with E-state index in [9.17, 15) is 9.59 Å². The molecule has 0 bridgehead atoms. The number of piperidine rings is 1. The number of halogens is 1. The summed E-state index contributed by atoms with van der Waals surface area (Å²) in [5, 5.41) is 6.38. The van der Waals surface area contributed by atoms with Crippen LogP contribution in [0.2, 0.25) is 5.02 Å². The average molecular weight is 439 g/mol. The van der Waals surface area contributed by atoms with E-state index in [0.717, 1.165) is 31.5 Å². The summed E-state index contributed by atoms with van der Waals surface area (Å²) in [6, 6.07) is 12.4. The quantitative estimate of drug-likeness (QED) is 0.576. The Morgan fingerprint density at radius 1 is 1.10 bits per heavy atom. The summed E-state index contributed by atoms with van der Waals surface area (Å²) < 4.78 is 5.11. The third-order valence-corrected chi connectivity index (χ3v) is 5.41. The van der Waals surface area contributed by atoms with Gasteiger partial charge < -0.3 is 20.0 Å². The monoisotopic (exact) mass is 438 g/mol. The molecule has 0 atom stereocenters. The SMILES string of the molecule is O=C(Nc1cccc(CNc2ncc(C(=O)N3CCCCC3)cc2Cl)c1)c1ccco1. The minimum atomic E-state index is -0.311. The minimum absolute atomic E-state index is 0.0272. The Labute approximate surface area is 185 Å². The summed E-state index contributed by atoms with van der Waals surface area (Å²) >= 11 is 6.37. The van der Waals surface area contributed by atoms with Crippen molar-refractivity contribution in [2.75, 3.05) is 23.7 Å². The molecule has 8 heteroatoms. The van der Waals surface area contributed by atoms with Crippen molar-refractivity contribution in [1.29, 1.82) is 0 Å². The first kappa shape index (κ1) is 20.9. The van der Waals surface area contributed by atoms with Gasteiger partial charge in [0.25, 0.3) is 11.8 Å². The van der Waals surface area contributed by atoms with E-state index >= 15 is 0 Å². The van der Waals surface area contributed by atoms with Gasteiger partial charge in [-0.2, -0.15) is 0 Å². The van der Waals surface area contributed by atoms with Crippen LogP contribution in [0, 0.1) is 0 Å². The molecule has 160 valence electrons. The summed E-state index contributed by atoms with van der Waals surface area (Å²) in [6.45, 7) is 2.02. The first-order chi connectivity index (χ1) is 15.1. The number of anilines is 2. The molecule has 7 nitrogen and oxygen atoms in total. The smallest absolute Gasteiger partial charge is 0.291 e. The number of amides is 2. The normalized spacial score (nSPS) is 13.6. The van der Waals surface area contributed by atoms with Gasteiger partial charge >= 0.3 is 0 Å². The molecule has 0 saturated carbocycles. The van der Waals surface area contributed by atoms with Crippen molar-refractivity contribution in [1.82, 2.24) is 9.88 Å². The maximum absolute atomic E-state index is 12.6. The molecule has 1 aromatic carbocycles. The van der Waals surface area contributed by atoms with E-state index in [-0.39, 0.29) is 17.6 Å². The molecule has 3 aromatic rings. The van der Waals surface area contributed by atoms with Crippen molar-refractivity contribution in [3.63, 3.8) is 0 Å². The lowest BCUT2D eigenvalue weighted by Gasteiger charge is -2.26. The molecule has 1 aliphatic heterocycles. The Kier molecular flexibility index (Phi) is 6.52. The van der Waals surface area contributed by atoms with Crippen LogP contribution in [0.5, 0.6) is 0 Å². The molecule has 4 rings (SSSR count). The standard InChI is InChI=1S/C23H23ClN4O3/c24-19-13-17(23(30)28-9-2-1-3-10-28)15-26-21(19)25-14-16-6-4-7-18(12-16)27-22(29)20-8-5-11-31-20/h4-8,11-13,15H,1-3,9-10,14H2,(H,25,26)(H,27,29). The molecule has 0 radical (unpaired) electrons. The van der Waals surface area contributed by atoms with Gasteiger partial charge in [0.1, 0.15) is 5.82 Å². The first-order valence-electron chi connectivity index (χ1n) is 10.2. The van der Waals surface area contributed by atoms with E-state index in [1.165, 1.54) is 12.7 Å². The molecule has 0 spiro atoms. The topological polar surface area (TPSA) is 87.5 Å². The van der Waals surface area contributed by atoms with E-state index in [0.29, 0.717) is 28.6 Å². The second-order valence-corrected chi connectivity index (χ2v) is 7.80. The summed E-state index contributed by atoms with van der Waals surface area (Å²) in [5.74, 6) is 0.412. The maximum Gasteiger partial charge on any atom is 0.291 e. The fourth-order valence-electron chi connectivity index (χ4n) is 3.51. The van der Waals surface area contributed by atoms with Crippen molar-refractivity contribution in [2.45, 2.75) is 25.8 Å². The van der Waals surface area contributed by atoms with E-state index in [1.54, 1.807) is 30.5 Å². The number of nitrogens with one attached hydrogen (secondary N) is 2. The van der Waals surface area contributed by atoms with Gasteiger partial charge in [0.05, 0.1) is 16.8 Å². The zero-order chi connectivity index (χ0) is 21.6. The molecule has 2 N–H and O–H groups in total. The molecule has 2 aromatic heterocycles. The number of carbonyl (C=O) groups excluding carboxylic acids is 2. The van der Waals surface area contributed by atoms with Crippen molar-refractivity contribution in [3.05, 3.63) is 76.8 Å². The number of benzene rings is 1. The van der Waals surface area contributed by atoms with Gasteiger partial charge in [0.15, 0.2) is 5.76 Å². The Morgan fingerprint density at radius 3 is 2.68 bits per heavy atom. The van der Waals surface area contributed by atoms with Crippen LogP contribution in [0.3, 0.4) is 0 Å². The van der Waals surface area contributed by atoms with Crippen molar-refractivity contribution < 1.29 is 14.0 Å². The third-order valence-electron chi connectivity index (χ3n) is 5.12. The second kappa shape index (κ2) is 9.66. The average Bonchev–Trinajstić information content (AvgIpc) is 3.34. The molecule has 2 amide bonds. The summed E-state index contributed by atoms with van der Waals surface area (Å²) in [7, 11) is 0. The number of hydrogen-bond acceptors (Lipinski definition) is 5. The highest BCUT2D eigenvalue weighted by Gasteiger charge is 2.19. The summed E-state index contributed by atoms with van der Waals surface area (Å²) in [6.07, 6.45) is 6.25. The lowest BCUT2D eigenvalue weighted by molar-refractivity contribution is 0.0723. The van der Waals surface area contributed by atoms with Crippen molar-refractivity contribution in [2.24, 2.45) is 0 Å². The molecule has 1 saturated heterocycles. The van der Waals surface area contributed by atoms with Crippen LogP contribution in [0.1, 0.15) is 45.7 Å². The highest BCUT2D eigenvalue weighted by Crippen LogP contribution is 2.23. The van der Waals surface area contributed by atoms with E-state index in [4.69, 9.17) is 16.0 Å². The van der Waals surface area contributed by atoms with Gasteiger partial charge in [-0.05, 0) is 55.2 Å². The largest absolute Gasteiger partial charge is 0.459 e. The molecule has 1 fully saturated rings. The fraction of sp³-hybridized carbons (Fsp3) is 0.261. The Balaban J connectivity index is 1.37. The Morgan fingerprint density at radius 2 is 1.94 bits per heavy atom. The van der Waals surface area contributed by atoms with Crippen LogP contribution in [-0.4, -0.2) is 34.8 Å². The number of nitrogens with zero attached hydrogens (tertiary/aromatic N) is 2.